The van der Waals surface area contributed by atoms with Crippen molar-refractivity contribution in [2.45, 2.75) is 39.2 Å². The first-order valence-electron chi connectivity index (χ1n) is 8.46. The van der Waals surface area contributed by atoms with Gasteiger partial charge in [-0.15, -0.1) is 12.4 Å². The minimum Gasteiger partial charge on any atom is -0.354 e. The molecule has 1 aliphatic rings. The SMILES string of the molecule is Cc1nn(-c2ccc(Cl)cc2Cl)c(C)c1CC(=O)NCC1CCCN1.Cl. The summed E-state index contributed by atoms with van der Waals surface area (Å²) >= 11 is 12.3. The molecular formula is C18H23Cl3N4O. The fourth-order valence-corrected chi connectivity index (χ4v) is 3.70. The molecule has 0 radical (unpaired) electrons. The van der Waals surface area contributed by atoms with Crippen LogP contribution < -0.4 is 10.6 Å². The topological polar surface area (TPSA) is 59.0 Å². The van der Waals surface area contributed by atoms with Crippen molar-refractivity contribution in [1.29, 1.82) is 0 Å². The standard InChI is InChI=1S/C18H22Cl2N4O.ClH/c1-11-15(9-18(25)22-10-14-4-3-7-21-14)12(2)24(23-11)17-6-5-13(19)8-16(17)20;/h5-6,8,14,21H,3-4,7,9-10H2,1-2H3,(H,22,25);1H. The smallest absolute Gasteiger partial charge is 0.224 e. The van der Waals surface area contributed by atoms with Crippen LogP contribution in [-0.2, 0) is 11.2 Å². The summed E-state index contributed by atoms with van der Waals surface area (Å²) in [6.07, 6.45) is 2.61. The second kappa shape index (κ2) is 9.09. The number of hydrogen-bond donors (Lipinski definition) is 2. The minimum absolute atomic E-state index is 0. The first-order chi connectivity index (χ1) is 12.0. The van der Waals surface area contributed by atoms with Crippen LogP contribution in [0.2, 0.25) is 10.0 Å². The lowest BCUT2D eigenvalue weighted by molar-refractivity contribution is -0.120. The molecule has 5 nitrogen and oxygen atoms in total. The molecule has 1 fully saturated rings. The molecule has 0 spiro atoms. The lowest BCUT2D eigenvalue weighted by Crippen LogP contribution is -2.37. The molecule has 0 aliphatic carbocycles. The normalized spacial score (nSPS) is 16.4. The highest BCUT2D eigenvalue weighted by Crippen LogP contribution is 2.27. The summed E-state index contributed by atoms with van der Waals surface area (Å²) in [6, 6.07) is 5.69. The van der Waals surface area contributed by atoms with Crippen molar-refractivity contribution >= 4 is 41.5 Å². The predicted molar refractivity (Wildman–Crippen MR) is 108 cm³/mol. The van der Waals surface area contributed by atoms with Gasteiger partial charge in [-0.05, 0) is 51.4 Å². The minimum atomic E-state index is 0. The van der Waals surface area contributed by atoms with E-state index in [1.807, 2.05) is 19.9 Å². The molecule has 8 heteroatoms. The highest BCUT2D eigenvalue weighted by Gasteiger charge is 2.19. The molecule has 1 amide bonds. The fraction of sp³-hybridized carbons (Fsp3) is 0.444. The van der Waals surface area contributed by atoms with Gasteiger partial charge in [0.1, 0.15) is 0 Å². The third-order valence-electron chi connectivity index (χ3n) is 4.62. The Bertz CT molecular complexity index is 785. The molecule has 0 bridgehead atoms. The number of nitrogens with one attached hydrogen (secondary N) is 2. The van der Waals surface area contributed by atoms with Crippen LogP contribution in [0.4, 0.5) is 0 Å². The predicted octanol–water partition coefficient (Wildman–Crippen LogP) is 3.63. The first-order valence-corrected chi connectivity index (χ1v) is 9.22. The molecule has 1 aromatic heterocycles. The van der Waals surface area contributed by atoms with Gasteiger partial charge in [-0.3, -0.25) is 4.79 Å². The number of carbonyl (C=O) groups excluding carboxylic acids is 1. The van der Waals surface area contributed by atoms with E-state index in [1.165, 1.54) is 6.42 Å². The fourth-order valence-electron chi connectivity index (χ4n) is 3.21. The number of halogens is 3. The zero-order valence-electron chi connectivity index (χ0n) is 14.8. The maximum atomic E-state index is 12.3. The zero-order chi connectivity index (χ0) is 18.0. The number of amides is 1. The highest BCUT2D eigenvalue weighted by atomic mass is 35.5. The Morgan fingerprint density at radius 2 is 2.15 bits per heavy atom. The van der Waals surface area contributed by atoms with Crippen molar-refractivity contribution in [2.24, 2.45) is 0 Å². The van der Waals surface area contributed by atoms with Crippen LogP contribution in [0, 0.1) is 13.8 Å². The highest BCUT2D eigenvalue weighted by molar-refractivity contribution is 6.35. The third kappa shape index (κ3) is 4.71. The van der Waals surface area contributed by atoms with Crippen LogP contribution in [0.25, 0.3) is 5.69 Å². The molecule has 2 heterocycles. The summed E-state index contributed by atoms with van der Waals surface area (Å²) in [7, 11) is 0. The van der Waals surface area contributed by atoms with Crippen molar-refractivity contribution in [3.8, 4) is 5.69 Å². The van der Waals surface area contributed by atoms with Gasteiger partial charge in [-0.2, -0.15) is 5.10 Å². The van der Waals surface area contributed by atoms with Crippen molar-refractivity contribution < 1.29 is 4.79 Å². The molecule has 1 atom stereocenters. The van der Waals surface area contributed by atoms with Gasteiger partial charge < -0.3 is 10.6 Å². The molecule has 1 aromatic carbocycles. The summed E-state index contributed by atoms with van der Waals surface area (Å²) in [5.41, 5.74) is 3.44. The summed E-state index contributed by atoms with van der Waals surface area (Å²) < 4.78 is 1.77. The van der Waals surface area contributed by atoms with Gasteiger partial charge in [0.15, 0.2) is 0 Å². The molecule has 3 rings (SSSR count). The van der Waals surface area contributed by atoms with E-state index < -0.39 is 0 Å². The Morgan fingerprint density at radius 3 is 2.81 bits per heavy atom. The van der Waals surface area contributed by atoms with Crippen LogP contribution in [0.5, 0.6) is 0 Å². The van der Waals surface area contributed by atoms with Gasteiger partial charge in [0, 0.05) is 28.9 Å². The monoisotopic (exact) mass is 416 g/mol. The molecule has 2 N–H and O–H groups in total. The molecule has 2 aromatic rings. The Labute approximate surface area is 169 Å². The summed E-state index contributed by atoms with van der Waals surface area (Å²) in [5, 5.41) is 12.1. The number of carbonyl (C=O) groups is 1. The van der Waals surface area contributed by atoms with Crippen molar-refractivity contribution in [1.82, 2.24) is 20.4 Å². The largest absolute Gasteiger partial charge is 0.354 e. The van der Waals surface area contributed by atoms with E-state index in [2.05, 4.69) is 15.7 Å². The molecule has 1 saturated heterocycles. The Kier molecular flexibility index (Phi) is 7.35. The van der Waals surface area contributed by atoms with Crippen molar-refractivity contribution in [2.75, 3.05) is 13.1 Å². The van der Waals surface area contributed by atoms with E-state index in [0.717, 1.165) is 35.6 Å². The van der Waals surface area contributed by atoms with Gasteiger partial charge in [0.05, 0.1) is 22.8 Å². The van der Waals surface area contributed by atoms with Gasteiger partial charge in [-0.25, -0.2) is 4.68 Å². The zero-order valence-corrected chi connectivity index (χ0v) is 17.1. The van der Waals surface area contributed by atoms with E-state index in [0.29, 0.717) is 29.1 Å². The van der Waals surface area contributed by atoms with E-state index in [9.17, 15) is 4.79 Å². The average Bonchev–Trinajstić information content (AvgIpc) is 3.17. The summed E-state index contributed by atoms with van der Waals surface area (Å²) in [4.78, 5) is 12.3. The number of nitrogens with zero attached hydrogens (tertiary/aromatic N) is 2. The van der Waals surface area contributed by atoms with Crippen molar-refractivity contribution in [3.63, 3.8) is 0 Å². The summed E-state index contributed by atoms with van der Waals surface area (Å²) in [5.74, 6) is 0.0154. The van der Waals surface area contributed by atoms with Crippen LogP contribution >= 0.6 is 35.6 Å². The third-order valence-corrected chi connectivity index (χ3v) is 5.16. The Morgan fingerprint density at radius 1 is 1.38 bits per heavy atom. The van der Waals surface area contributed by atoms with Crippen LogP contribution in [0.15, 0.2) is 18.2 Å². The lowest BCUT2D eigenvalue weighted by Gasteiger charge is -2.12. The van der Waals surface area contributed by atoms with E-state index in [4.69, 9.17) is 23.2 Å². The molecular weight excluding hydrogens is 395 g/mol. The second-order valence-electron chi connectivity index (χ2n) is 6.43. The number of rotatable bonds is 5. The molecule has 0 saturated carbocycles. The molecule has 1 aliphatic heterocycles. The Balaban J connectivity index is 0.00000243. The average molecular weight is 418 g/mol. The van der Waals surface area contributed by atoms with E-state index >= 15 is 0 Å². The maximum Gasteiger partial charge on any atom is 0.224 e. The van der Waals surface area contributed by atoms with E-state index in [1.54, 1.807) is 16.8 Å². The van der Waals surface area contributed by atoms with Crippen molar-refractivity contribution in [3.05, 3.63) is 45.2 Å². The van der Waals surface area contributed by atoms with E-state index in [-0.39, 0.29) is 18.3 Å². The van der Waals surface area contributed by atoms with Gasteiger partial charge in [0.2, 0.25) is 5.91 Å². The second-order valence-corrected chi connectivity index (χ2v) is 7.27. The quantitative estimate of drug-likeness (QED) is 0.781. The molecule has 1 unspecified atom stereocenters. The number of hydrogen-bond acceptors (Lipinski definition) is 3. The lowest BCUT2D eigenvalue weighted by atomic mass is 10.1. The number of aromatic nitrogens is 2. The van der Waals surface area contributed by atoms with Gasteiger partial charge in [-0.1, -0.05) is 23.2 Å². The number of benzene rings is 1. The van der Waals surface area contributed by atoms with Crippen LogP contribution in [0.3, 0.4) is 0 Å². The molecule has 142 valence electrons. The first kappa shape index (κ1) is 21.0. The van der Waals surface area contributed by atoms with Crippen LogP contribution in [0.1, 0.15) is 29.8 Å². The van der Waals surface area contributed by atoms with Gasteiger partial charge in [0.25, 0.3) is 0 Å². The maximum absolute atomic E-state index is 12.3. The summed E-state index contributed by atoms with van der Waals surface area (Å²) in [6.45, 7) is 5.57. The van der Waals surface area contributed by atoms with Gasteiger partial charge >= 0.3 is 0 Å². The molecule has 26 heavy (non-hydrogen) atoms. The number of aryl methyl sites for hydroxylation is 1. The Hall–Kier alpha value is -1.27. The van der Waals surface area contributed by atoms with Crippen LogP contribution in [-0.4, -0.2) is 34.8 Å².